The molecule has 2 nitrogen and oxygen atoms in total. The summed E-state index contributed by atoms with van der Waals surface area (Å²) in [6, 6.07) is 0. The third-order valence-corrected chi connectivity index (χ3v) is 4.30. The lowest BCUT2D eigenvalue weighted by atomic mass is 9.98. The van der Waals surface area contributed by atoms with E-state index in [4.69, 9.17) is 0 Å². The average Bonchev–Trinajstić information content (AvgIpc) is 2.45. The lowest BCUT2D eigenvalue weighted by molar-refractivity contribution is -0.109. The van der Waals surface area contributed by atoms with E-state index >= 15 is 0 Å². The number of rotatable bonds is 2. The first kappa shape index (κ1) is 15.0. The van der Waals surface area contributed by atoms with Crippen molar-refractivity contribution in [2.24, 2.45) is 10.9 Å². The van der Waals surface area contributed by atoms with Gasteiger partial charge in [-0.3, -0.25) is 9.79 Å². The van der Waals surface area contributed by atoms with Gasteiger partial charge in [-0.05, 0) is 25.2 Å². The lowest BCUT2D eigenvalue weighted by Gasteiger charge is -2.17. The number of carbonyl (C=O) groups is 1. The summed E-state index contributed by atoms with van der Waals surface area (Å²) in [7, 11) is 1.70. The fraction of sp³-hybridized carbons (Fsp3) is 0.467. The van der Waals surface area contributed by atoms with Gasteiger partial charge in [-0.15, -0.1) is 0 Å². The number of hydrogen-bond acceptors (Lipinski definition) is 3. The molecule has 0 N–H and O–H groups in total. The minimum absolute atomic E-state index is 0.0668. The number of nitrogens with zero attached hydrogens (tertiary/aromatic N) is 1. The number of Topliss-reactive ketones (excluding diaryl/α,β-unsaturated/α-hetero) is 1. The Morgan fingerprint density at radius 3 is 2.61 bits per heavy atom. The van der Waals surface area contributed by atoms with Crippen LogP contribution in [0.4, 0.5) is 0 Å². The van der Waals surface area contributed by atoms with Crippen LogP contribution in [0.3, 0.4) is 0 Å². The zero-order valence-corrected chi connectivity index (χ0v) is 12.4. The van der Waals surface area contributed by atoms with Gasteiger partial charge in [-0.2, -0.15) is 11.8 Å². The largest absolute Gasteiger partial charge is 0.289 e. The molecule has 0 spiro atoms. The molecule has 2 atom stereocenters. The highest BCUT2D eigenvalue weighted by Crippen LogP contribution is 2.34. The summed E-state index contributed by atoms with van der Waals surface area (Å²) in [5.41, 5.74) is 2.55. The first-order valence-corrected chi connectivity index (χ1v) is 7.42. The molecular weight excluding hydrogens is 242 g/mol. The Labute approximate surface area is 114 Å². The Bertz CT molecular complexity index is 432. The van der Waals surface area contributed by atoms with E-state index in [0.717, 1.165) is 17.6 Å². The quantitative estimate of drug-likeness (QED) is 0.564. The van der Waals surface area contributed by atoms with Crippen LogP contribution in [-0.4, -0.2) is 30.0 Å². The molecule has 98 valence electrons. The van der Waals surface area contributed by atoms with Crippen LogP contribution in [0.2, 0.25) is 0 Å². The number of carbonyl (C=O) groups excluding carboxylic acids is 1. The fourth-order valence-electron chi connectivity index (χ4n) is 2.39. The van der Waals surface area contributed by atoms with Crippen molar-refractivity contribution >= 4 is 23.3 Å². The molecule has 1 fully saturated rings. The zero-order valence-electron chi connectivity index (χ0n) is 11.6. The van der Waals surface area contributed by atoms with Gasteiger partial charge < -0.3 is 0 Å². The van der Waals surface area contributed by atoms with E-state index in [1.165, 1.54) is 0 Å². The predicted octanol–water partition coefficient (Wildman–Crippen LogP) is 3.46. The van der Waals surface area contributed by atoms with E-state index in [2.05, 4.69) is 24.8 Å². The smallest absolute Gasteiger partial charge is 0.206 e. The van der Waals surface area contributed by atoms with Gasteiger partial charge in [-0.25, -0.2) is 0 Å². The van der Waals surface area contributed by atoms with E-state index in [1.807, 2.05) is 19.1 Å². The summed E-state index contributed by atoms with van der Waals surface area (Å²) in [5.74, 6) is 0.266. The van der Waals surface area contributed by atoms with Gasteiger partial charge in [0, 0.05) is 23.8 Å². The summed E-state index contributed by atoms with van der Waals surface area (Å²) in [6.07, 6.45) is 8.63. The van der Waals surface area contributed by atoms with Crippen molar-refractivity contribution in [1.29, 1.82) is 0 Å². The summed E-state index contributed by atoms with van der Waals surface area (Å²) in [5, 5.41) is 0.326. The summed E-state index contributed by atoms with van der Waals surface area (Å²) < 4.78 is 0. The molecule has 1 saturated carbocycles. The van der Waals surface area contributed by atoms with Crippen molar-refractivity contribution < 1.29 is 4.79 Å². The molecule has 1 aliphatic carbocycles. The minimum Gasteiger partial charge on any atom is -0.289 e. The molecule has 1 aliphatic rings. The van der Waals surface area contributed by atoms with Crippen LogP contribution in [0.25, 0.3) is 0 Å². The fourth-order valence-corrected chi connectivity index (χ4v) is 3.33. The normalized spacial score (nSPS) is 32.0. The minimum atomic E-state index is 0.0668. The molecule has 0 heterocycles. The molecule has 0 aromatic carbocycles. The van der Waals surface area contributed by atoms with Crippen LogP contribution < -0.4 is 0 Å². The van der Waals surface area contributed by atoms with Crippen molar-refractivity contribution in [1.82, 2.24) is 0 Å². The van der Waals surface area contributed by atoms with Gasteiger partial charge in [0.2, 0.25) is 5.78 Å². The Hall–Kier alpha value is -1.09. The lowest BCUT2D eigenvalue weighted by Crippen LogP contribution is -2.21. The van der Waals surface area contributed by atoms with E-state index in [1.54, 1.807) is 24.9 Å². The first-order valence-electron chi connectivity index (χ1n) is 6.14. The van der Waals surface area contributed by atoms with Crippen LogP contribution in [0.15, 0.2) is 40.9 Å². The highest BCUT2D eigenvalue weighted by Gasteiger charge is 2.32. The van der Waals surface area contributed by atoms with Crippen molar-refractivity contribution in [3.63, 3.8) is 0 Å². The maximum Gasteiger partial charge on any atom is 0.206 e. The summed E-state index contributed by atoms with van der Waals surface area (Å²) >= 11 is 1.78. The molecule has 0 radical (unpaired) electrons. The van der Waals surface area contributed by atoms with Crippen LogP contribution in [0.1, 0.15) is 20.3 Å². The number of aliphatic imine (C=N–C) groups is 1. The predicted molar refractivity (Wildman–Crippen MR) is 81.5 cm³/mol. The van der Waals surface area contributed by atoms with Crippen molar-refractivity contribution in [3.8, 4) is 0 Å². The Balaban J connectivity index is 3.38. The van der Waals surface area contributed by atoms with Gasteiger partial charge in [0.25, 0.3) is 0 Å². The van der Waals surface area contributed by atoms with E-state index in [-0.39, 0.29) is 11.7 Å². The van der Waals surface area contributed by atoms with Gasteiger partial charge in [0.05, 0.1) is 5.71 Å². The highest BCUT2D eigenvalue weighted by molar-refractivity contribution is 7.99. The van der Waals surface area contributed by atoms with Crippen LogP contribution in [-0.2, 0) is 4.79 Å². The molecule has 3 heteroatoms. The molecule has 0 amide bonds. The zero-order chi connectivity index (χ0) is 13.7. The van der Waals surface area contributed by atoms with E-state index < -0.39 is 0 Å². The molecule has 0 aromatic heterocycles. The van der Waals surface area contributed by atoms with Crippen LogP contribution in [0, 0.1) is 5.92 Å². The summed E-state index contributed by atoms with van der Waals surface area (Å²) in [4.78, 5) is 16.7. The van der Waals surface area contributed by atoms with Gasteiger partial charge in [-0.1, -0.05) is 31.7 Å². The second-order valence-electron chi connectivity index (χ2n) is 4.36. The van der Waals surface area contributed by atoms with Crippen molar-refractivity contribution in [3.05, 3.63) is 36.0 Å². The average molecular weight is 263 g/mol. The molecule has 0 aromatic rings. The molecule has 0 bridgehead atoms. The third kappa shape index (κ3) is 2.83. The molecular formula is C15H21NOS. The second-order valence-corrected chi connectivity index (χ2v) is 5.40. The number of hydrogen-bond donors (Lipinski definition) is 0. The second kappa shape index (κ2) is 6.74. The third-order valence-electron chi connectivity index (χ3n) is 3.28. The number of allylic oxidation sites excluding steroid dienone is 4. The number of thioether (sulfide) groups is 1. The van der Waals surface area contributed by atoms with Gasteiger partial charge >= 0.3 is 0 Å². The monoisotopic (exact) mass is 263 g/mol. The molecule has 1 rings (SSSR count). The first-order chi connectivity index (χ1) is 8.60. The van der Waals surface area contributed by atoms with Gasteiger partial charge in [0.1, 0.15) is 0 Å². The molecule has 18 heavy (non-hydrogen) atoms. The van der Waals surface area contributed by atoms with Crippen LogP contribution >= 0.6 is 11.8 Å². The molecule has 0 saturated heterocycles. The highest BCUT2D eigenvalue weighted by atomic mass is 32.2. The Kier molecular flexibility index (Phi) is 5.60. The Morgan fingerprint density at radius 2 is 2.17 bits per heavy atom. The summed E-state index contributed by atoms with van der Waals surface area (Å²) in [6.45, 7) is 7.74. The van der Waals surface area contributed by atoms with E-state index in [0.29, 0.717) is 11.0 Å². The standard InChI is InChI=1S/C15H21NOS/c1-6-8-12-11(7-2)15(17)14(16-4)10(3)9-13(12)18-5/h6-8,10,13H,1,9H2,2-5H3/b11-7+,12-8+,16-14-. The molecule has 2 unspecified atom stereocenters. The SMILES string of the molecule is C=C/C=C1\C(=C/C)C(=O)/C(=N\C)C(C)CC1SC. The molecule has 0 aliphatic heterocycles. The van der Waals surface area contributed by atoms with Gasteiger partial charge in [0.15, 0.2) is 0 Å². The van der Waals surface area contributed by atoms with Crippen molar-refractivity contribution in [2.75, 3.05) is 13.3 Å². The Morgan fingerprint density at radius 1 is 1.50 bits per heavy atom. The van der Waals surface area contributed by atoms with Crippen LogP contribution in [0.5, 0.6) is 0 Å². The maximum absolute atomic E-state index is 12.5. The maximum atomic E-state index is 12.5. The topological polar surface area (TPSA) is 29.4 Å². The number of ketones is 1. The van der Waals surface area contributed by atoms with Crippen molar-refractivity contribution in [2.45, 2.75) is 25.5 Å². The van der Waals surface area contributed by atoms with E-state index in [9.17, 15) is 4.79 Å².